The van der Waals surface area contributed by atoms with E-state index in [0.29, 0.717) is 36.3 Å². The lowest BCUT2D eigenvalue weighted by Crippen LogP contribution is -2.65. The fourth-order valence-corrected chi connectivity index (χ4v) is 4.61. The van der Waals surface area contributed by atoms with Crippen molar-refractivity contribution in [2.24, 2.45) is 5.92 Å². The van der Waals surface area contributed by atoms with Crippen molar-refractivity contribution in [3.8, 4) is 11.5 Å². The van der Waals surface area contributed by atoms with Crippen molar-refractivity contribution in [2.45, 2.75) is 37.3 Å². The van der Waals surface area contributed by atoms with Crippen LogP contribution in [0, 0.1) is 5.92 Å². The molecule has 122 valence electrons. The van der Waals surface area contributed by atoms with Gasteiger partial charge in [0.1, 0.15) is 18.9 Å². The molecule has 3 saturated heterocycles. The maximum Gasteiger partial charge on any atom is 0.270 e. The summed E-state index contributed by atoms with van der Waals surface area (Å²) in [6, 6.07) is 1.97. The number of amides is 1. The van der Waals surface area contributed by atoms with Crippen molar-refractivity contribution in [1.29, 1.82) is 0 Å². The molecule has 23 heavy (non-hydrogen) atoms. The molecule has 1 spiro atoms. The van der Waals surface area contributed by atoms with Crippen LogP contribution in [-0.4, -0.2) is 53.7 Å². The number of carbonyl (C=O) groups excluding carboxylic acids is 1. The van der Waals surface area contributed by atoms with Crippen molar-refractivity contribution >= 4 is 5.91 Å². The smallest absolute Gasteiger partial charge is 0.270 e. The summed E-state index contributed by atoms with van der Waals surface area (Å²) in [5.41, 5.74) is 0.659. The van der Waals surface area contributed by atoms with Gasteiger partial charge in [0.2, 0.25) is 0 Å². The summed E-state index contributed by atoms with van der Waals surface area (Å²) in [5, 5.41) is 3.29. The summed E-state index contributed by atoms with van der Waals surface area (Å²) in [4.78, 5) is 19.6. The zero-order chi connectivity index (χ0) is 15.4. The molecule has 2 bridgehead atoms. The lowest BCUT2D eigenvalue weighted by atomic mass is 9.77. The standard InChI is InChI=1S/C17H21N3O3/c21-16(12-9-13-14(10-18-12)23-8-7-22-13)19-15-11-1-5-20(6-2-11)17(15)3-4-17/h9-11,15H,1-8H2,(H,19,21)/t15-/m1/s1. The molecule has 0 radical (unpaired) electrons. The van der Waals surface area contributed by atoms with E-state index in [1.807, 2.05) is 0 Å². The molecule has 1 atom stereocenters. The van der Waals surface area contributed by atoms with Gasteiger partial charge >= 0.3 is 0 Å². The molecule has 0 aromatic carbocycles. The van der Waals surface area contributed by atoms with Crippen LogP contribution in [0.1, 0.15) is 36.2 Å². The Morgan fingerprint density at radius 1 is 1.22 bits per heavy atom. The second-order valence-corrected chi connectivity index (χ2v) is 7.09. The van der Waals surface area contributed by atoms with E-state index in [9.17, 15) is 4.79 Å². The first-order valence-electron chi connectivity index (χ1n) is 8.58. The molecule has 4 aliphatic heterocycles. The number of ether oxygens (including phenoxy) is 2. The average Bonchev–Trinajstić information content (AvgIpc) is 3.39. The number of carbonyl (C=O) groups is 1. The van der Waals surface area contributed by atoms with E-state index in [0.717, 1.165) is 0 Å². The average molecular weight is 315 g/mol. The fourth-order valence-electron chi connectivity index (χ4n) is 4.61. The SMILES string of the molecule is O=C(N[C@@H]1C2CCN(CC2)C12CC2)c1cc2c(cn1)OCCO2. The lowest BCUT2D eigenvalue weighted by Gasteiger charge is -2.52. The maximum absolute atomic E-state index is 12.7. The number of aromatic nitrogens is 1. The van der Waals surface area contributed by atoms with Gasteiger partial charge in [0.25, 0.3) is 5.91 Å². The minimum Gasteiger partial charge on any atom is -0.486 e. The molecule has 1 aliphatic carbocycles. The number of hydrogen-bond acceptors (Lipinski definition) is 5. The minimum atomic E-state index is -0.0907. The number of nitrogens with zero attached hydrogens (tertiary/aromatic N) is 2. The molecule has 1 amide bonds. The van der Waals surface area contributed by atoms with Gasteiger partial charge in [-0.25, -0.2) is 4.98 Å². The summed E-state index contributed by atoms with van der Waals surface area (Å²) in [5.74, 6) is 1.76. The Morgan fingerprint density at radius 2 is 1.96 bits per heavy atom. The molecular formula is C17H21N3O3. The quantitative estimate of drug-likeness (QED) is 0.889. The predicted molar refractivity (Wildman–Crippen MR) is 82.7 cm³/mol. The largest absolute Gasteiger partial charge is 0.486 e. The molecule has 4 fully saturated rings. The van der Waals surface area contributed by atoms with E-state index in [2.05, 4.69) is 15.2 Å². The van der Waals surface area contributed by atoms with Crippen LogP contribution in [0.3, 0.4) is 0 Å². The summed E-state index contributed by atoms with van der Waals surface area (Å²) in [6.07, 6.45) is 6.40. The summed E-state index contributed by atoms with van der Waals surface area (Å²) in [6.45, 7) is 3.43. The van der Waals surface area contributed by atoms with Crippen LogP contribution < -0.4 is 14.8 Å². The van der Waals surface area contributed by atoms with Gasteiger partial charge in [-0.05, 0) is 44.7 Å². The van der Waals surface area contributed by atoms with Gasteiger partial charge in [-0.3, -0.25) is 9.69 Å². The first-order valence-corrected chi connectivity index (χ1v) is 8.58. The van der Waals surface area contributed by atoms with Crippen LogP contribution in [-0.2, 0) is 0 Å². The zero-order valence-electron chi connectivity index (χ0n) is 13.1. The third-order valence-electron chi connectivity index (χ3n) is 5.93. The monoisotopic (exact) mass is 315 g/mol. The Bertz CT molecular complexity index is 650. The number of pyridine rings is 1. The predicted octanol–water partition coefficient (Wildman–Crippen LogP) is 1.21. The van der Waals surface area contributed by atoms with E-state index in [1.165, 1.54) is 38.8 Å². The second-order valence-electron chi connectivity index (χ2n) is 7.09. The van der Waals surface area contributed by atoms with Crippen LogP contribution >= 0.6 is 0 Å². The van der Waals surface area contributed by atoms with Gasteiger partial charge in [0.15, 0.2) is 11.5 Å². The summed E-state index contributed by atoms with van der Waals surface area (Å²) < 4.78 is 11.0. The highest BCUT2D eigenvalue weighted by Crippen LogP contribution is 2.53. The summed E-state index contributed by atoms with van der Waals surface area (Å²) >= 11 is 0. The summed E-state index contributed by atoms with van der Waals surface area (Å²) in [7, 11) is 0. The first-order chi connectivity index (χ1) is 11.3. The van der Waals surface area contributed by atoms with Gasteiger partial charge in [0, 0.05) is 11.6 Å². The highest BCUT2D eigenvalue weighted by atomic mass is 16.6. The van der Waals surface area contributed by atoms with Crippen LogP contribution in [0.25, 0.3) is 0 Å². The maximum atomic E-state index is 12.7. The molecular weight excluding hydrogens is 294 g/mol. The van der Waals surface area contributed by atoms with E-state index in [-0.39, 0.29) is 17.5 Å². The molecule has 5 heterocycles. The molecule has 0 unspecified atom stereocenters. The molecule has 1 N–H and O–H groups in total. The fraction of sp³-hybridized carbons (Fsp3) is 0.647. The molecule has 1 aromatic heterocycles. The van der Waals surface area contributed by atoms with E-state index >= 15 is 0 Å². The van der Waals surface area contributed by atoms with Crippen LogP contribution in [0.4, 0.5) is 0 Å². The molecule has 1 aromatic rings. The number of fused-ring (bicyclic) bond motifs is 3. The Hall–Kier alpha value is -1.82. The number of nitrogens with one attached hydrogen (secondary N) is 1. The topological polar surface area (TPSA) is 63.7 Å². The highest BCUT2D eigenvalue weighted by molar-refractivity contribution is 5.93. The third-order valence-corrected chi connectivity index (χ3v) is 5.93. The lowest BCUT2D eigenvalue weighted by molar-refractivity contribution is -0.00154. The Labute approximate surface area is 135 Å². The van der Waals surface area contributed by atoms with Crippen LogP contribution in [0.15, 0.2) is 12.3 Å². The van der Waals surface area contributed by atoms with Gasteiger partial charge in [-0.1, -0.05) is 0 Å². The van der Waals surface area contributed by atoms with Gasteiger partial charge in [0.05, 0.1) is 12.2 Å². The van der Waals surface area contributed by atoms with E-state index in [4.69, 9.17) is 9.47 Å². The van der Waals surface area contributed by atoms with Crippen molar-refractivity contribution in [2.75, 3.05) is 26.3 Å². The van der Waals surface area contributed by atoms with Crippen molar-refractivity contribution < 1.29 is 14.3 Å². The van der Waals surface area contributed by atoms with Crippen molar-refractivity contribution in [1.82, 2.24) is 15.2 Å². The van der Waals surface area contributed by atoms with Crippen molar-refractivity contribution in [3.05, 3.63) is 18.0 Å². The molecule has 5 aliphatic rings. The van der Waals surface area contributed by atoms with Gasteiger partial charge in [-0.15, -0.1) is 0 Å². The van der Waals surface area contributed by atoms with Gasteiger partial charge < -0.3 is 14.8 Å². The Morgan fingerprint density at radius 3 is 2.70 bits per heavy atom. The molecule has 1 saturated carbocycles. The Kier molecular flexibility index (Phi) is 2.86. The Balaban J connectivity index is 1.37. The number of rotatable bonds is 2. The minimum absolute atomic E-state index is 0.0907. The number of piperidine rings is 3. The van der Waals surface area contributed by atoms with Crippen LogP contribution in [0.5, 0.6) is 11.5 Å². The molecule has 6 nitrogen and oxygen atoms in total. The highest BCUT2D eigenvalue weighted by Gasteiger charge is 2.60. The van der Waals surface area contributed by atoms with E-state index in [1.54, 1.807) is 12.3 Å². The number of hydrogen-bond donors (Lipinski definition) is 1. The third kappa shape index (κ3) is 2.04. The second kappa shape index (κ2) is 4.84. The first kappa shape index (κ1) is 13.6. The molecule has 6 rings (SSSR count). The van der Waals surface area contributed by atoms with Gasteiger partial charge in [-0.2, -0.15) is 0 Å². The molecule has 6 heteroatoms. The van der Waals surface area contributed by atoms with E-state index < -0.39 is 0 Å². The van der Waals surface area contributed by atoms with Crippen molar-refractivity contribution in [3.63, 3.8) is 0 Å². The zero-order valence-corrected chi connectivity index (χ0v) is 13.1. The normalized spacial score (nSPS) is 32.6. The van der Waals surface area contributed by atoms with Crippen LogP contribution in [0.2, 0.25) is 0 Å².